The van der Waals surface area contributed by atoms with Gasteiger partial charge in [-0.25, -0.2) is 0 Å². The molecular weight excluding hydrogens is 330 g/mol. The zero-order valence-corrected chi connectivity index (χ0v) is 12.9. The third-order valence-corrected chi connectivity index (χ3v) is 3.55. The van der Waals surface area contributed by atoms with Crippen molar-refractivity contribution < 1.29 is 4.79 Å². The molecule has 0 saturated carbocycles. The SMILES string of the molecule is Cc1ccc2nccc(NC(=O)c3cncc(Br)c3)c2c1. The molecule has 0 aliphatic carbocycles. The summed E-state index contributed by atoms with van der Waals surface area (Å²) >= 11 is 3.31. The van der Waals surface area contributed by atoms with Crippen molar-refractivity contribution in [3.05, 3.63) is 64.5 Å². The fourth-order valence-corrected chi connectivity index (χ4v) is 2.46. The minimum atomic E-state index is -0.196. The Balaban J connectivity index is 1.98. The van der Waals surface area contributed by atoms with E-state index in [4.69, 9.17) is 0 Å². The molecule has 3 aromatic rings. The number of anilines is 1. The van der Waals surface area contributed by atoms with Crippen LogP contribution in [0.5, 0.6) is 0 Å². The quantitative estimate of drug-likeness (QED) is 0.767. The number of halogens is 1. The molecule has 0 radical (unpaired) electrons. The van der Waals surface area contributed by atoms with Crippen LogP contribution in [0.15, 0.2) is 53.4 Å². The molecule has 0 fully saturated rings. The van der Waals surface area contributed by atoms with Crippen LogP contribution in [0.1, 0.15) is 15.9 Å². The van der Waals surface area contributed by atoms with Crippen LogP contribution in [0.4, 0.5) is 5.69 Å². The Morgan fingerprint density at radius 1 is 1.19 bits per heavy atom. The average Bonchev–Trinajstić information content (AvgIpc) is 2.48. The molecular formula is C16H12BrN3O. The first-order valence-electron chi connectivity index (χ1n) is 6.41. The van der Waals surface area contributed by atoms with Gasteiger partial charge < -0.3 is 5.32 Å². The summed E-state index contributed by atoms with van der Waals surface area (Å²) in [7, 11) is 0. The van der Waals surface area contributed by atoms with E-state index in [1.807, 2.05) is 25.1 Å². The molecule has 0 saturated heterocycles. The molecule has 1 aromatic carbocycles. The zero-order chi connectivity index (χ0) is 14.8. The van der Waals surface area contributed by atoms with Gasteiger partial charge in [0.1, 0.15) is 0 Å². The molecule has 1 N–H and O–H groups in total. The lowest BCUT2D eigenvalue weighted by Crippen LogP contribution is -2.12. The predicted molar refractivity (Wildman–Crippen MR) is 86.4 cm³/mol. The highest BCUT2D eigenvalue weighted by Crippen LogP contribution is 2.23. The highest BCUT2D eigenvalue weighted by atomic mass is 79.9. The molecule has 0 bridgehead atoms. The van der Waals surface area contributed by atoms with Crippen LogP contribution in [0.2, 0.25) is 0 Å². The van der Waals surface area contributed by atoms with E-state index in [-0.39, 0.29) is 5.91 Å². The summed E-state index contributed by atoms with van der Waals surface area (Å²) in [5.74, 6) is -0.196. The van der Waals surface area contributed by atoms with Crippen molar-refractivity contribution in [1.82, 2.24) is 9.97 Å². The van der Waals surface area contributed by atoms with E-state index in [9.17, 15) is 4.79 Å². The van der Waals surface area contributed by atoms with Crippen molar-refractivity contribution in [2.45, 2.75) is 6.92 Å². The Hall–Kier alpha value is -2.27. The van der Waals surface area contributed by atoms with E-state index in [0.717, 1.165) is 26.6 Å². The van der Waals surface area contributed by atoms with Crippen molar-refractivity contribution in [3.8, 4) is 0 Å². The van der Waals surface area contributed by atoms with Crippen LogP contribution in [-0.2, 0) is 0 Å². The van der Waals surface area contributed by atoms with Gasteiger partial charge in [0.25, 0.3) is 5.91 Å². The number of hydrogen-bond donors (Lipinski definition) is 1. The number of nitrogens with zero attached hydrogens (tertiary/aromatic N) is 2. The summed E-state index contributed by atoms with van der Waals surface area (Å²) in [6.45, 7) is 2.01. The number of fused-ring (bicyclic) bond motifs is 1. The third kappa shape index (κ3) is 2.92. The summed E-state index contributed by atoms with van der Waals surface area (Å²) in [5.41, 5.74) is 3.22. The maximum atomic E-state index is 12.3. The van der Waals surface area contributed by atoms with Gasteiger partial charge in [-0.05, 0) is 47.1 Å². The predicted octanol–water partition coefficient (Wildman–Crippen LogP) is 3.95. The topological polar surface area (TPSA) is 54.9 Å². The molecule has 4 nitrogen and oxygen atoms in total. The van der Waals surface area contributed by atoms with E-state index >= 15 is 0 Å². The van der Waals surface area contributed by atoms with Crippen LogP contribution < -0.4 is 5.32 Å². The van der Waals surface area contributed by atoms with Crippen LogP contribution in [0, 0.1) is 6.92 Å². The Morgan fingerprint density at radius 3 is 2.86 bits per heavy atom. The van der Waals surface area contributed by atoms with Gasteiger partial charge in [0.15, 0.2) is 0 Å². The van der Waals surface area contributed by atoms with Crippen LogP contribution in [0.3, 0.4) is 0 Å². The van der Waals surface area contributed by atoms with Gasteiger partial charge in [0, 0.05) is 28.4 Å². The number of rotatable bonds is 2. The minimum Gasteiger partial charge on any atom is -0.321 e. The second kappa shape index (κ2) is 5.61. The fourth-order valence-electron chi connectivity index (χ4n) is 2.10. The minimum absolute atomic E-state index is 0.196. The fraction of sp³-hybridized carbons (Fsp3) is 0.0625. The molecule has 3 rings (SSSR count). The number of hydrogen-bond acceptors (Lipinski definition) is 3. The number of aromatic nitrogens is 2. The second-order valence-electron chi connectivity index (χ2n) is 4.73. The lowest BCUT2D eigenvalue weighted by molar-refractivity contribution is 0.102. The Bertz CT molecular complexity index is 833. The molecule has 0 atom stereocenters. The Kier molecular flexibility index (Phi) is 3.66. The van der Waals surface area contributed by atoms with Gasteiger partial charge in [0.05, 0.1) is 16.8 Å². The van der Waals surface area contributed by atoms with Crippen molar-refractivity contribution in [3.63, 3.8) is 0 Å². The number of carbonyl (C=O) groups excluding carboxylic acids is 1. The Morgan fingerprint density at radius 2 is 2.05 bits per heavy atom. The number of carbonyl (C=O) groups is 1. The molecule has 0 spiro atoms. The lowest BCUT2D eigenvalue weighted by atomic mass is 10.1. The number of benzene rings is 1. The second-order valence-corrected chi connectivity index (χ2v) is 5.64. The standard InChI is InChI=1S/C16H12BrN3O/c1-10-2-3-14-13(6-10)15(4-5-19-14)20-16(21)11-7-12(17)9-18-8-11/h2-9H,1H3,(H,19,20,21). The van der Waals surface area contributed by atoms with E-state index in [1.54, 1.807) is 24.5 Å². The first-order chi connectivity index (χ1) is 10.1. The summed E-state index contributed by atoms with van der Waals surface area (Å²) < 4.78 is 0.769. The van der Waals surface area contributed by atoms with Crippen LogP contribution >= 0.6 is 15.9 Å². The lowest BCUT2D eigenvalue weighted by Gasteiger charge is -2.09. The normalized spacial score (nSPS) is 10.6. The largest absolute Gasteiger partial charge is 0.321 e. The number of nitrogens with one attached hydrogen (secondary N) is 1. The summed E-state index contributed by atoms with van der Waals surface area (Å²) in [4.78, 5) is 20.6. The van der Waals surface area contributed by atoms with Gasteiger partial charge in [-0.2, -0.15) is 0 Å². The van der Waals surface area contributed by atoms with Crippen molar-refractivity contribution in [1.29, 1.82) is 0 Å². The Labute approximate surface area is 130 Å². The molecule has 0 aliphatic heterocycles. The molecule has 5 heteroatoms. The zero-order valence-electron chi connectivity index (χ0n) is 11.3. The summed E-state index contributed by atoms with van der Waals surface area (Å²) in [6.07, 6.45) is 4.86. The third-order valence-electron chi connectivity index (χ3n) is 3.11. The van der Waals surface area contributed by atoms with Crippen molar-refractivity contribution in [2.24, 2.45) is 0 Å². The van der Waals surface area contributed by atoms with E-state index in [1.165, 1.54) is 6.20 Å². The summed E-state index contributed by atoms with van der Waals surface area (Å²) in [6, 6.07) is 9.49. The summed E-state index contributed by atoms with van der Waals surface area (Å²) in [5, 5.41) is 3.84. The van der Waals surface area contributed by atoms with E-state index < -0.39 is 0 Å². The number of amides is 1. The van der Waals surface area contributed by atoms with Crippen LogP contribution in [-0.4, -0.2) is 15.9 Å². The monoisotopic (exact) mass is 341 g/mol. The number of pyridine rings is 2. The maximum Gasteiger partial charge on any atom is 0.257 e. The van der Waals surface area contributed by atoms with Gasteiger partial charge >= 0.3 is 0 Å². The van der Waals surface area contributed by atoms with Gasteiger partial charge in [-0.15, -0.1) is 0 Å². The highest BCUT2D eigenvalue weighted by molar-refractivity contribution is 9.10. The molecule has 104 valence electrons. The van der Waals surface area contributed by atoms with E-state index in [2.05, 4.69) is 31.2 Å². The van der Waals surface area contributed by atoms with Gasteiger partial charge in [-0.3, -0.25) is 14.8 Å². The van der Waals surface area contributed by atoms with Gasteiger partial charge in [0.2, 0.25) is 0 Å². The smallest absolute Gasteiger partial charge is 0.257 e. The maximum absolute atomic E-state index is 12.3. The first-order valence-corrected chi connectivity index (χ1v) is 7.20. The molecule has 0 unspecified atom stereocenters. The molecule has 21 heavy (non-hydrogen) atoms. The number of aryl methyl sites for hydroxylation is 1. The molecule has 2 heterocycles. The molecule has 2 aromatic heterocycles. The average molecular weight is 342 g/mol. The highest BCUT2D eigenvalue weighted by Gasteiger charge is 2.09. The van der Waals surface area contributed by atoms with E-state index in [0.29, 0.717) is 5.56 Å². The molecule has 0 aliphatic rings. The van der Waals surface area contributed by atoms with Gasteiger partial charge in [-0.1, -0.05) is 11.6 Å². The molecule has 1 amide bonds. The van der Waals surface area contributed by atoms with Crippen molar-refractivity contribution >= 4 is 38.4 Å². The van der Waals surface area contributed by atoms with Crippen LogP contribution in [0.25, 0.3) is 10.9 Å². The first kappa shape index (κ1) is 13.7. The van der Waals surface area contributed by atoms with Crippen molar-refractivity contribution in [2.75, 3.05) is 5.32 Å².